The predicted molar refractivity (Wildman–Crippen MR) is 282 cm³/mol. The first-order chi connectivity index (χ1) is 36.8. The van der Waals surface area contributed by atoms with Crippen molar-refractivity contribution in [3.63, 3.8) is 0 Å². The van der Waals surface area contributed by atoms with Crippen molar-refractivity contribution in [3.8, 4) is 0 Å². The molecule has 2 unspecified atom stereocenters. The molecule has 31 heteroatoms. The van der Waals surface area contributed by atoms with Gasteiger partial charge in [-0.1, -0.05) is 58.9 Å². The molecule has 4 aliphatic carbocycles. The lowest BCUT2D eigenvalue weighted by atomic mass is 9.45. The number of phosphoric acid groups is 3. The van der Waals surface area contributed by atoms with Crippen molar-refractivity contribution in [2.24, 2.45) is 51.8 Å². The molecule has 2 aromatic heterocycles. The summed E-state index contributed by atoms with van der Waals surface area (Å²) in [7, 11) is -16.5. The summed E-state index contributed by atoms with van der Waals surface area (Å²) in [5.74, 6) is -0.100. The van der Waals surface area contributed by atoms with Gasteiger partial charge in [-0.05, 0) is 97.9 Å². The van der Waals surface area contributed by atoms with E-state index in [1.807, 2.05) is 6.08 Å². The molecule has 79 heavy (non-hydrogen) atoms. The van der Waals surface area contributed by atoms with Crippen LogP contribution in [-0.2, 0) is 55.5 Å². The van der Waals surface area contributed by atoms with Gasteiger partial charge in [-0.15, -0.1) is 0 Å². The van der Waals surface area contributed by atoms with Crippen molar-refractivity contribution in [1.82, 2.24) is 30.2 Å². The summed E-state index contributed by atoms with van der Waals surface area (Å²) < 4.78 is 62.7. The number of amides is 2. The number of hydrogen-bond donors (Lipinski definition) is 11. The SMILES string of the molecule is C[C@H](CC[C@H](O)[C@@H](C)C(=O)SCCNC(=O)CCNC(=O)[C@H](O)C(C)(C)COP(=O)(O)OP(=O)(O)OC[C@H]1O[C@@H](n2cnc3c(N)ncnc32)[C@H](O)[C@@H]1OP(=O)(O)O)[C@H]1CC[C@H]2[C@@H]3[C@H](O)CC4=CC(=O)CC[C@]4(C)[C@H]3CC[C@]12C. The monoisotopic (exact) mass is 1200 g/mol. The first kappa shape index (κ1) is 63.5. The highest BCUT2D eigenvalue weighted by Gasteiger charge is 2.62. The van der Waals surface area contributed by atoms with Crippen molar-refractivity contribution in [2.45, 2.75) is 149 Å². The predicted octanol–water partition coefficient (Wildman–Crippen LogP) is 3.20. The minimum Gasteiger partial charge on any atom is -0.392 e. The number of fused-ring (bicyclic) bond motifs is 6. The summed E-state index contributed by atoms with van der Waals surface area (Å²) in [6.45, 7) is 8.93. The van der Waals surface area contributed by atoms with Crippen molar-refractivity contribution >= 4 is 74.9 Å². The van der Waals surface area contributed by atoms with Crippen LogP contribution in [0.3, 0.4) is 0 Å². The molecule has 0 spiro atoms. The average Bonchev–Trinajstić information content (AvgIpc) is 4.08. The van der Waals surface area contributed by atoms with E-state index < -0.39 is 103 Å². The molecule has 3 heterocycles. The molecule has 7 rings (SSSR count). The number of nitrogens with two attached hydrogens (primary N) is 1. The number of rotatable bonds is 25. The van der Waals surface area contributed by atoms with Crippen LogP contribution in [0.4, 0.5) is 5.82 Å². The number of aromatic nitrogens is 4. The smallest absolute Gasteiger partial charge is 0.392 e. The van der Waals surface area contributed by atoms with E-state index in [4.69, 9.17) is 19.5 Å². The van der Waals surface area contributed by atoms with E-state index >= 15 is 0 Å². The first-order valence-electron chi connectivity index (χ1n) is 26.4. The number of aliphatic hydroxyl groups excluding tert-OH is 4. The van der Waals surface area contributed by atoms with Crippen LogP contribution in [0, 0.1) is 51.8 Å². The maximum absolute atomic E-state index is 13.1. The second-order valence-electron chi connectivity index (χ2n) is 23.0. The van der Waals surface area contributed by atoms with Gasteiger partial charge in [-0.3, -0.25) is 37.3 Å². The Morgan fingerprint density at radius 3 is 2.38 bits per heavy atom. The lowest BCUT2D eigenvalue weighted by molar-refractivity contribution is -0.137. The number of anilines is 1. The minimum absolute atomic E-state index is 0.0221. The van der Waals surface area contributed by atoms with Gasteiger partial charge in [-0.25, -0.2) is 28.6 Å². The van der Waals surface area contributed by atoms with Crippen molar-refractivity contribution in [1.29, 1.82) is 0 Å². The van der Waals surface area contributed by atoms with Gasteiger partial charge in [0.25, 0.3) is 0 Å². The van der Waals surface area contributed by atoms with E-state index in [0.29, 0.717) is 42.9 Å². The number of thioether (sulfide) groups is 1. The van der Waals surface area contributed by atoms with Crippen molar-refractivity contribution in [3.05, 3.63) is 24.3 Å². The minimum atomic E-state index is -5.61. The normalized spacial score (nSPS) is 32.1. The molecule has 2 amide bonds. The average molecular weight is 1200 g/mol. The Labute approximate surface area is 461 Å². The Morgan fingerprint density at radius 1 is 0.962 bits per heavy atom. The molecule has 17 atom stereocenters. The molecule has 0 radical (unpaired) electrons. The molecule has 3 saturated carbocycles. The molecule has 444 valence electrons. The zero-order valence-corrected chi connectivity index (χ0v) is 48.4. The second kappa shape index (κ2) is 25.0. The summed E-state index contributed by atoms with van der Waals surface area (Å²) in [5.41, 5.74) is 5.39. The molecule has 4 fully saturated rings. The fourth-order valence-corrected chi connectivity index (χ4v) is 16.6. The fraction of sp³-hybridized carbons (Fsp3) is 0.771. The Hall–Kier alpha value is -3.11. The number of nitrogens with zero attached hydrogens (tertiary/aromatic N) is 4. The Kier molecular flexibility index (Phi) is 20.1. The molecular weight excluding hydrogens is 1120 g/mol. The van der Waals surface area contributed by atoms with Gasteiger partial charge in [0.05, 0.1) is 37.7 Å². The van der Waals surface area contributed by atoms with Crippen LogP contribution in [0.25, 0.3) is 11.2 Å². The third-order valence-electron chi connectivity index (χ3n) is 17.4. The zero-order valence-electron chi connectivity index (χ0n) is 44.9. The molecule has 0 bridgehead atoms. The summed E-state index contributed by atoms with van der Waals surface area (Å²) in [6.07, 6.45) is 0.820. The molecule has 1 saturated heterocycles. The van der Waals surface area contributed by atoms with E-state index in [2.05, 4.69) is 55.2 Å². The second-order valence-corrected chi connectivity index (χ2v) is 28.3. The van der Waals surface area contributed by atoms with Gasteiger partial charge in [0.1, 0.15) is 36.3 Å². The highest BCUT2D eigenvalue weighted by atomic mass is 32.2. The van der Waals surface area contributed by atoms with Crippen LogP contribution in [0.1, 0.15) is 112 Å². The van der Waals surface area contributed by atoms with Crippen LogP contribution < -0.4 is 16.4 Å². The van der Waals surface area contributed by atoms with Crippen LogP contribution in [0.5, 0.6) is 0 Å². The standard InChI is InChI=1S/C48H76N7O20P3S/c1-25(29-8-9-30-36-31(12-15-48(29,30)6)47(5)14-11-28(56)19-27(47)20-33(36)58)7-10-32(57)26(2)45(63)79-18-17-50-35(59)13-16-51-43(62)40(61)46(3,4)22-72-78(69,70)75-77(67,68)71-21-34-39(74-76(64,65)66)38(60)44(73-34)55-24-54-37-41(49)52-23-53-42(37)55/h19,23-26,29-34,36,38-40,44,57-58,60-61H,7-18,20-22H2,1-6H3,(H,50,59)(H,51,62)(H,67,68)(H,69,70)(H2,49,52,53)(H2,64,65,66)/t25-,26-,29-,30+,31+,32+,33-,34-,36+,38-,39-,40+,44-,47+,48-/m1/s1. The summed E-state index contributed by atoms with van der Waals surface area (Å²) in [4.78, 5) is 102. The van der Waals surface area contributed by atoms with Crippen molar-refractivity contribution in [2.75, 3.05) is 37.8 Å². The highest BCUT2D eigenvalue weighted by Crippen LogP contribution is 2.68. The third kappa shape index (κ3) is 14.6. The number of phosphoric ester groups is 3. The van der Waals surface area contributed by atoms with Gasteiger partial charge in [0, 0.05) is 37.1 Å². The summed E-state index contributed by atoms with van der Waals surface area (Å²) >= 11 is 0.992. The van der Waals surface area contributed by atoms with E-state index in [9.17, 15) is 72.9 Å². The fourth-order valence-electron chi connectivity index (χ4n) is 13.0. The molecule has 2 aromatic rings. The van der Waals surface area contributed by atoms with Gasteiger partial charge < -0.3 is 61.1 Å². The van der Waals surface area contributed by atoms with Crippen LogP contribution in [0.2, 0.25) is 0 Å². The summed E-state index contributed by atoms with van der Waals surface area (Å²) in [5, 5.41) is 49.2. The zero-order chi connectivity index (χ0) is 58.2. The van der Waals surface area contributed by atoms with Gasteiger partial charge in [0.2, 0.25) is 11.8 Å². The number of imidazole rings is 1. The van der Waals surface area contributed by atoms with E-state index in [1.165, 1.54) is 13.8 Å². The Balaban J connectivity index is 0.776. The third-order valence-corrected chi connectivity index (χ3v) is 21.5. The number of ketones is 1. The van der Waals surface area contributed by atoms with Gasteiger partial charge in [-0.2, -0.15) is 4.31 Å². The van der Waals surface area contributed by atoms with E-state index in [-0.39, 0.29) is 69.9 Å². The van der Waals surface area contributed by atoms with E-state index in [1.54, 1.807) is 6.92 Å². The lowest BCUT2D eigenvalue weighted by Gasteiger charge is -2.60. The van der Waals surface area contributed by atoms with Crippen LogP contribution in [0.15, 0.2) is 24.3 Å². The van der Waals surface area contributed by atoms with Crippen LogP contribution >= 0.6 is 35.2 Å². The first-order valence-corrected chi connectivity index (χ1v) is 31.9. The molecule has 0 aromatic carbocycles. The van der Waals surface area contributed by atoms with E-state index in [0.717, 1.165) is 73.1 Å². The molecule has 27 nitrogen and oxygen atoms in total. The molecular formula is C48H76N7O20P3S. The van der Waals surface area contributed by atoms with Gasteiger partial charge in [0.15, 0.2) is 28.6 Å². The number of ether oxygens (including phenoxy) is 1. The number of hydrogen-bond acceptors (Lipinski definition) is 21. The number of nitrogen functional groups attached to an aromatic ring is 1. The Morgan fingerprint density at radius 2 is 1.67 bits per heavy atom. The topological polar surface area (TPSA) is 421 Å². The number of nitrogens with one attached hydrogen (secondary N) is 2. The molecule has 12 N–H and O–H groups in total. The summed E-state index contributed by atoms with van der Waals surface area (Å²) in [6, 6.07) is 0. The van der Waals surface area contributed by atoms with Crippen LogP contribution in [-0.4, -0.2) is 151 Å². The van der Waals surface area contributed by atoms with Crippen molar-refractivity contribution < 1.29 is 95.5 Å². The Bertz CT molecular complexity index is 2750. The maximum atomic E-state index is 13.1. The number of carbonyl (C=O) groups is 4. The maximum Gasteiger partial charge on any atom is 0.481 e. The quantitative estimate of drug-likeness (QED) is 0.0502. The van der Waals surface area contributed by atoms with Gasteiger partial charge >= 0.3 is 23.5 Å². The number of aliphatic hydroxyl groups is 4. The lowest BCUT2D eigenvalue weighted by Crippen LogP contribution is -2.55. The highest BCUT2D eigenvalue weighted by molar-refractivity contribution is 8.13. The largest absolute Gasteiger partial charge is 0.481 e. The molecule has 1 aliphatic heterocycles. The number of carbonyl (C=O) groups excluding carboxylic acids is 4. The molecule has 5 aliphatic rings.